The van der Waals surface area contributed by atoms with Crippen LogP contribution in [0.2, 0.25) is 0 Å². The molecule has 8 heteroatoms. The van der Waals surface area contributed by atoms with Crippen LogP contribution in [0.4, 0.5) is 10.1 Å². The van der Waals surface area contributed by atoms with Crippen molar-refractivity contribution in [1.82, 2.24) is 15.2 Å². The Hall–Kier alpha value is -1.83. The van der Waals surface area contributed by atoms with Crippen LogP contribution in [0.25, 0.3) is 0 Å². The molecule has 1 aliphatic carbocycles. The van der Waals surface area contributed by atoms with E-state index in [2.05, 4.69) is 10.3 Å². The highest BCUT2D eigenvalue weighted by Gasteiger charge is 2.53. The van der Waals surface area contributed by atoms with E-state index in [9.17, 15) is 14.1 Å². The lowest BCUT2D eigenvalue weighted by atomic mass is 10.2. The summed E-state index contributed by atoms with van der Waals surface area (Å²) in [7, 11) is 0. The maximum absolute atomic E-state index is 12.9. The smallest absolute Gasteiger partial charge is 0.261 e. The lowest BCUT2D eigenvalue weighted by Gasteiger charge is -2.12. The first-order valence-electron chi connectivity index (χ1n) is 4.24. The van der Waals surface area contributed by atoms with E-state index in [0.717, 1.165) is 10.9 Å². The zero-order valence-corrected chi connectivity index (χ0v) is 7.61. The minimum Gasteiger partial charge on any atom is -0.292 e. The van der Waals surface area contributed by atoms with E-state index in [-0.39, 0.29) is 0 Å². The average molecular weight is 213 g/mol. The van der Waals surface area contributed by atoms with Gasteiger partial charge in [-0.2, -0.15) is 4.39 Å². The Kier molecular flexibility index (Phi) is 2.00. The fraction of sp³-hybridized carbons (Fsp3) is 0.429. The summed E-state index contributed by atoms with van der Waals surface area (Å²) in [6.07, 6.45) is 2.12. The van der Waals surface area contributed by atoms with E-state index >= 15 is 0 Å². The van der Waals surface area contributed by atoms with Gasteiger partial charge in [-0.15, -0.1) is 10.0 Å². The topological polar surface area (TPSA) is 102 Å². The fourth-order valence-electron chi connectivity index (χ4n) is 1.44. The molecule has 0 bridgehead atoms. The summed E-state index contributed by atoms with van der Waals surface area (Å²) >= 11 is 0. The summed E-state index contributed by atoms with van der Waals surface area (Å²) in [5, 5.41) is 5.87. The minimum absolute atomic E-state index is 0.411. The molecule has 1 fully saturated rings. The van der Waals surface area contributed by atoms with Crippen molar-refractivity contribution in [3.05, 3.63) is 17.1 Å². The number of hydrogen-bond donors (Lipinski definition) is 2. The molecule has 1 aromatic rings. The highest BCUT2D eigenvalue weighted by Crippen LogP contribution is 2.43. The predicted molar refractivity (Wildman–Crippen MR) is 47.2 cm³/mol. The normalized spacial score (nSPS) is 17.2. The molecule has 0 saturated heterocycles. The molecule has 0 spiro atoms. The molecule has 1 saturated carbocycles. The molecule has 80 valence electrons. The van der Waals surface area contributed by atoms with E-state index in [4.69, 9.17) is 5.84 Å². The molecule has 15 heavy (non-hydrogen) atoms. The number of hydrogen-bond acceptors (Lipinski definition) is 5. The molecule has 0 aliphatic heterocycles. The molecule has 0 unspecified atom stereocenters. The molecule has 3 N–H and O–H groups in total. The number of rotatable bonds is 3. The Bertz CT molecular complexity index is 425. The predicted octanol–water partition coefficient (Wildman–Crippen LogP) is -0.101. The molecule has 1 heterocycles. The van der Waals surface area contributed by atoms with Crippen LogP contribution < -0.4 is 11.3 Å². The first kappa shape index (κ1) is 9.71. The van der Waals surface area contributed by atoms with Gasteiger partial charge in [0, 0.05) is 0 Å². The number of nitroso groups, excluding NO2 is 1. The summed E-state index contributed by atoms with van der Waals surface area (Å²) in [4.78, 5) is 21.5. The molecule has 1 aliphatic rings. The van der Waals surface area contributed by atoms with Gasteiger partial charge in [0.15, 0.2) is 5.69 Å². The summed E-state index contributed by atoms with van der Waals surface area (Å²) < 4.78 is 14.0. The molecule has 1 aromatic heterocycles. The number of halogens is 1. The third-order valence-electron chi connectivity index (χ3n) is 2.47. The van der Waals surface area contributed by atoms with Gasteiger partial charge in [0.2, 0.25) is 0 Å². The van der Waals surface area contributed by atoms with Crippen LogP contribution >= 0.6 is 0 Å². The number of carbonyl (C=O) groups excluding carboxylic acids is 1. The van der Waals surface area contributed by atoms with Crippen molar-refractivity contribution >= 4 is 11.6 Å². The summed E-state index contributed by atoms with van der Waals surface area (Å²) in [5.74, 6) is 3.55. The SMILES string of the molecule is NNC(=O)C1(n2cc(N=O)c(F)n2)CC1. The second-order valence-corrected chi connectivity index (χ2v) is 3.35. The summed E-state index contributed by atoms with van der Waals surface area (Å²) in [5.41, 5.74) is 0.625. The Morgan fingerprint density at radius 3 is 2.80 bits per heavy atom. The highest BCUT2D eigenvalue weighted by atomic mass is 19.1. The fourth-order valence-corrected chi connectivity index (χ4v) is 1.44. The van der Waals surface area contributed by atoms with Gasteiger partial charge in [-0.3, -0.25) is 14.9 Å². The van der Waals surface area contributed by atoms with E-state index in [0.29, 0.717) is 12.8 Å². The quantitative estimate of drug-likeness (QED) is 0.316. The van der Waals surface area contributed by atoms with Gasteiger partial charge < -0.3 is 0 Å². The highest BCUT2D eigenvalue weighted by molar-refractivity contribution is 5.86. The van der Waals surface area contributed by atoms with Crippen LogP contribution in [0.1, 0.15) is 12.8 Å². The minimum atomic E-state index is -0.985. The lowest BCUT2D eigenvalue weighted by molar-refractivity contribution is -0.126. The van der Waals surface area contributed by atoms with Gasteiger partial charge in [0.1, 0.15) is 5.54 Å². The second-order valence-electron chi connectivity index (χ2n) is 3.35. The largest absolute Gasteiger partial charge is 0.292 e. The standard InChI is InChI=1S/C7H8FN5O2/c8-5-4(12-15)3-13(11-5)7(1-2-7)6(14)10-9/h3H,1-2,9H2,(H,10,14). The van der Waals surface area contributed by atoms with Gasteiger partial charge in [-0.25, -0.2) is 5.84 Å². The van der Waals surface area contributed by atoms with E-state index in [1.807, 2.05) is 5.43 Å². The van der Waals surface area contributed by atoms with Gasteiger partial charge in [-0.05, 0) is 18.0 Å². The second kappa shape index (κ2) is 3.09. The van der Waals surface area contributed by atoms with E-state index < -0.39 is 23.1 Å². The van der Waals surface area contributed by atoms with Crippen LogP contribution in [0.5, 0.6) is 0 Å². The number of carbonyl (C=O) groups is 1. The van der Waals surface area contributed by atoms with Crippen molar-refractivity contribution in [3.8, 4) is 0 Å². The number of hydrazine groups is 1. The molecule has 0 radical (unpaired) electrons. The maximum atomic E-state index is 12.9. The first-order valence-corrected chi connectivity index (χ1v) is 4.24. The number of aromatic nitrogens is 2. The first-order chi connectivity index (χ1) is 7.14. The maximum Gasteiger partial charge on any atom is 0.261 e. The molecule has 0 atom stereocenters. The van der Waals surface area contributed by atoms with Crippen LogP contribution in [-0.2, 0) is 10.3 Å². The molecule has 7 nitrogen and oxygen atoms in total. The van der Waals surface area contributed by atoms with E-state index in [1.165, 1.54) is 0 Å². The van der Waals surface area contributed by atoms with Crippen molar-refractivity contribution in [1.29, 1.82) is 0 Å². The monoisotopic (exact) mass is 213 g/mol. The van der Waals surface area contributed by atoms with Crippen molar-refractivity contribution in [3.63, 3.8) is 0 Å². The Labute approximate surface area is 83.4 Å². The molecular formula is C7H8FN5O2. The van der Waals surface area contributed by atoms with Gasteiger partial charge in [-0.1, -0.05) is 0 Å². The van der Waals surface area contributed by atoms with Crippen molar-refractivity contribution in [2.75, 3.05) is 0 Å². The molecular weight excluding hydrogens is 205 g/mol. The van der Waals surface area contributed by atoms with Gasteiger partial charge in [0.25, 0.3) is 11.9 Å². The van der Waals surface area contributed by atoms with Crippen LogP contribution in [0.3, 0.4) is 0 Å². The Morgan fingerprint density at radius 1 is 1.73 bits per heavy atom. The van der Waals surface area contributed by atoms with Crippen LogP contribution in [0, 0.1) is 10.9 Å². The van der Waals surface area contributed by atoms with Crippen LogP contribution in [0.15, 0.2) is 11.4 Å². The number of nitrogens with two attached hydrogens (primary N) is 1. The summed E-state index contributed by atoms with van der Waals surface area (Å²) in [6.45, 7) is 0. The summed E-state index contributed by atoms with van der Waals surface area (Å²) in [6, 6.07) is 0. The zero-order valence-electron chi connectivity index (χ0n) is 7.61. The number of amides is 1. The van der Waals surface area contributed by atoms with Crippen molar-refractivity contribution in [2.24, 2.45) is 11.0 Å². The van der Waals surface area contributed by atoms with E-state index in [1.54, 1.807) is 0 Å². The van der Waals surface area contributed by atoms with Crippen LogP contribution in [-0.4, -0.2) is 15.7 Å². The third kappa shape index (κ3) is 1.30. The third-order valence-corrected chi connectivity index (χ3v) is 2.47. The number of nitrogens with one attached hydrogen (secondary N) is 1. The number of nitrogens with zero attached hydrogens (tertiary/aromatic N) is 3. The lowest BCUT2D eigenvalue weighted by Crippen LogP contribution is -2.42. The van der Waals surface area contributed by atoms with Gasteiger partial charge >= 0.3 is 0 Å². The van der Waals surface area contributed by atoms with Gasteiger partial charge in [0.05, 0.1) is 6.20 Å². The average Bonchev–Trinajstić information content (AvgIpc) is 2.97. The van der Waals surface area contributed by atoms with Crippen molar-refractivity contribution in [2.45, 2.75) is 18.4 Å². The Morgan fingerprint density at radius 2 is 2.40 bits per heavy atom. The van der Waals surface area contributed by atoms with Crippen molar-refractivity contribution < 1.29 is 9.18 Å². The Balaban J connectivity index is 2.37. The molecule has 0 aromatic carbocycles. The molecule has 1 amide bonds. The molecule has 2 rings (SSSR count). The zero-order chi connectivity index (χ0) is 11.1.